The number of rotatable bonds is 4. The summed E-state index contributed by atoms with van der Waals surface area (Å²) in [5.41, 5.74) is 0.133. The number of aromatic nitrogens is 1. The van der Waals surface area contributed by atoms with Crippen molar-refractivity contribution in [1.82, 2.24) is 14.8 Å². The van der Waals surface area contributed by atoms with Gasteiger partial charge in [-0.2, -0.15) is 0 Å². The van der Waals surface area contributed by atoms with Crippen molar-refractivity contribution in [3.63, 3.8) is 0 Å². The molecule has 0 aliphatic carbocycles. The minimum absolute atomic E-state index is 0.00756. The van der Waals surface area contributed by atoms with Crippen molar-refractivity contribution >= 4 is 22.6 Å². The van der Waals surface area contributed by atoms with Crippen LogP contribution in [0, 0.1) is 11.7 Å². The summed E-state index contributed by atoms with van der Waals surface area (Å²) < 4.78 is 13.8. The van der Waals surface area contributed by atoms with E-state index in [0.717, 1.165) is 0 Å². The lowest BCUT2D eigenvalue weighted by Gasteiger charge is -2.35. The second-order valence-corrected chi connectivity index (χ2v) is 7.19. The van der Waals surface area contributed by atoms with Gasteiger partial charge in [0.05, 0.1) is 5.39 Å². The molecule has 2 aromatic rings. The number of hydrogen-bond acceptors (Lipinski definition) is 3. The van der Waals surface area contributed by atoms with Crippen molar-refractivity contribution < 1.29 is 14.0 Å². The zero-order chi connectivity index (χ0) is 19.6. The van der Waals surface area contributed by atoms with Crippen LogP contribution >= 0.6 is 0 Å². The number of carbonyl (C=O) groups is 2. The average molecular weight is 373 g/mol. The van der Waals surface area contributed by atoms with E-state index < -0.39 is 11.4 Å². The Bertz CT molecular complexity index is 914. The molecule has 2 amide bonds. The lowest BCUT2D eigenvalue weighted by molar-refractivity contribution is -0.141. The minimum Gasteiger partial charge on any atom is -0.339 e. The fourth-order valence-electron chi connectivity index (χ4n) is 3.41. The monoisotopic (exact) mass is 373 g/mol. The molecule has 1 aromatic carbocycles. The fraction of sp³-hybridized carbons (Fsp3) is 0.450. The molecule has 27 heavy (non-hydrogen) atoms. The standard InChI is InChI=1S/C20H24FN3O3/c1-13(2)20(27)24-10-8-23(9-11-24)17(25)7-6-15-12-14-4-3-5-16(21)18(14)19(26)22-15/h3-5,12-13H,6-11H2,1-2H3,(H,22,26). The molecule has 1 saturated heterocycles. The number of halogens is 1. The second kappa shape index (κ2) is 7.90. The highest BCUT2D eigenvalue weighted by atomic mass is 19.1. The van der Waals surface area contributed by atoms with Crippen molar-refractivity contribution in [2.45, 2.75) is 26.7 Å². The van der Waals surface area contributed by atoms with Gasteiger partial charge in [-0.15, -0.1) is 0 Å². The van der Waals surface area contributed by atoms with E-state index in [1.165, 1.54) is 6.07 Å². The number of hydrogen-bond donors (Lipinski definition) is 1. The van der Waals surface area contributed by atoms with E-state index in [9.17, 15) is 18.8 Å². The van der Waals surface area contributed by atoms with Gasteiger partial charge in [0.15, 0.2) is 0 Å². The van der Waals surface area contributed by atoms with Crippen molar-refractivity contribution in [2.24, 2.45) is 5.92 Å². The summed E-state index contributed by atoms with van der Waals surface area (Å²) in [5.74, 6) is -0.484. The number of aromatic amines is 1. The van der Waals surface area contributed by atoms with Gasteiger partial charge in [0.1, 0.15) is 5.82 Å². The number of H-pyrrole nitrogens is 1. The van der Waals surface area contributed by atoms with Crippen LogP contribution in [-0.4, -0.2) is 52.8 Å². The molecule has 1 aliphatic heterocycles. The molecule has 0 bridgehead atoms. The number of nitrogens with one attached hydrogen (secondary N) is 1. The molecule has 3 rings (SSSR count). The summed E-state index contributed by atoms with van der Waals surface area (Å²) in [6.07, 6.45) is 0.639. The van der Waals surface area contributed by atoms with Gasteiger partial charge in [-0.1, -0.05) is 26.0 Å². The number of fused-ring (bicyclic) bond motifs is 1. The first-order valence-electron chi connectivity index (χ1n) is 9.24. The Morgan fingerprint density at radius 1 is 1.15 bits per heavy atom. The number of benzene rings is 1. The summed E-state index contributed by atoms with van der Waals surface area (Å²) in [4.78, 5) is 42.8. The number of aryl methyl sites for hydroxylation is 1. The molecule has 0 unspecified atom stereocenters. The summed E-state index contributed by atoms with van der Waals surface area (Å²) in [6, 6.07) is 6.21. The normalized spacial score (nSPS) is 14.8. The van der Waals surface area contributed by atoms with E-state index in [4.69, 9.17) is 0 Å². The van der Waals surface area contributed by atoms with Crippen LogP contribution in [0.1, 0.15) is 26.0 Å². The molecule has 0 saturated carbocycles. The lowest BCUT2D eigenvalue weighted by atomic mass is 10.1. The Kier molecular flexibility index (Phi) is 5.58. The number of pyridine rings is 1. The highest BCUT2D eigenvalue weighted by molar-refractivity contribution is 5.83. The maximum atomic E-state index is 13.8. The Balaban J connectivity index is 1.59. The Labute approximate surface area is 157 Å². The molecule has 2 heterocycles. The van der Waals surface area contributed by atoms with Gasteiger partial charge in [0.2, 0.25) is 11.8 Å². The predicted octanol–water partition coefficient (Wildman–Crippen LogP) is 1.93. The smallest absolute Gasteiger partial charge is 0.258 e. The molecule has 0 radical (unpaired) electrons. The first kappa shape index (κ1) is 19.1. The van der Waals surface area contributed by atoms with E-state index in [1.54, 1.807) is 28.0 Å². The number of piperazine rings is 1. The Hall–Kier alpha value is -2.70. The van der Waals surface area contributed by atoms with Gasteiger partial charge in [0.25, 0.3) is 5.56 Å². The van der Waals surface area contributed by atoms with E-state index in [0.29, 0.717) is 43.7 Å². The fourth-order valence-corrected chi connectivity index (χ4v) is 3.41. The zero-order valence-corrected chi connectivity index (χ0v) is 15.6. The van der Waals surface area contributed by atoms with Crippen molar-refractivity contribution in [1.29, 1.82) is 0 Å². The third kappa shape index (κ3) is 4.18. The average Bonchev–Trinajstić information content (AvgIpc) is 2.65. The molecule has 0 spiro atoms. The predicted molar refractivity (Wildman–Crippen MR) is 101 cm³/mol. The maximum Gasteiger partial charge on any atom is 0.258 e. The quantitative estimate of drug-likeness (QED) is 0.890. The van der Waals surface area contributed by atoms with Gasteiger partial charge in [-0.3, -0.25) is 14.4 Å². The number of carbonyl (C=O) groups excluding carboxylic acids is 2. The summed E-state index contributed by atoms with van der Waals surface area (Å²) >= 11 is 0. The van der Waals surface area contributed by atoms with Gasteiger partial charge >= 0.3 is 0 Å². The Morgan fingerprint density at radius 2 is 1.81 bits per heavy atom. The molecule has 144 valence electrons. The summed E-state index contributed by atoms with van der Waals surface area (Å²) in [6.45, 7) is 5.89. The van der Waals surface area contributed by atoms with Gasteiger partial charge in [-0.05, 0) is 23.9 Å². The zero-order valence-electron chi connectivity index (χ0n) is 15.6. The topological polar surface area (TPSA) is 73.5 Å². The molecule has 1 N–H and O–H groups in total. The number of nitrogens with zero attached hydrogens (tertiary/aromatic N) is 2. The summed E-state index contributed by atoms with van der Waals surface area (Å²) in [7, 11) is 0. The first-order valence-corrected chi connectivity index (χ1v) is 9.24. The maximum absolute atomic E-state index is 13.8. The number of amides is 2. The van der Waals surface area contributed by atoms with E-state index >= 15 is 0 Å². The Morgan fingerprint density at radius 3 is 2.48 bits per heavy atom. The van der Waals surface area contributed by atoms with Gasteiger partial charge < -0.3 is 14.8 Å². The molecule has 1 aromatic heterocycles. The molecular weight excluding hydrogens is 349 g/mol. The van der Waals surface area contributed by atoms with Crippen LogP contribution in [0.5, 0.6) is 0 Å². The van der Waals surface area contributed by atoms with Crippen LogP contribution in [0.15, 0.2) is 29.1 Å². The van der Waals surface area contributed by atoms with E-state index in [2.05, 4.69) is 4.98 Å². The molecule has 6 nitrogen and oxygen atoms in total. The van der Waals surface area contributed by atoms with Crippen LogP contribution in [0.4, 0.5) is 4.39 Å². The summed E-state index contributed by atoms with van der Waals surface area (Å²) in [5, 5.41) is 0.570. The van der Waals surface area contributed by atoms with Crippen molar-refractivity contribution in [3.8, 4) is 0 Å². The van der Waals surface area contributed by atoms with Crippen LogP contribution in [-0.2, 0) is 16.0 Å². The van der Waals surface area contributed by atoms with Gasteiger partial charge in [-0.25, -0.2) is 4.39 Å². The van der Waals surface area contributed by atoms with Crippen molar-refractivity contribution in [2.75, 3.05) is 26.2 Å². The third-order valence-corrected chi connectivity index (χ3v) is 4.92. The lowest BCUT2D eigenvalue weighted by Crippen LogP contribution is -2.51. The highest BCUT2D eigenvalue weighted by Crippen LogP contribution is 2.15. The molecular formula is C20H24FN3O3. The van der Waals surface area contributed by atoms with Crippen LogP contribution < -0.4 is 5.56 Å². The van der Waals surface area contributed by atoms with Crippen LogP contribution in [0.3, 0.4) is 0 Å². The highest BCUT2D eigenvalue weighted by Gasteiger charge is 2.25. The molecule has 1 fully saturated rings. The first-order chi connectivity index (χ1) is 12.9. The van der Waals surface area contributed by atoms with Crippen LogP contribution in [0.25, 0.3) is 10.8 Å². The SMILES string of the molecule is CC(C)C(=O)N1CCN(C(=O)CCc2cc3cccc(F)c3c(=O)[nH]2)CC1. The van der Waals surface area contributed by atoms with Gasteiger partial charge in [0, 0.05) is 44.2 Å². The van der Waals surface area contributed by atoms with Crippen molar-refractivity contribution in [3.05, 3.63) is 46.1 Å². The van der Waals surface area contributed by atoms with E-state index in [-0.39, 0.29) is 29.5 Å². The van der Waals surface area contributed by atoms with E-state index in [1.807, 2.05) is 13.8 Å². The minimum atomic E-state index is -0.551. The molecule has 1 aliphatic rings. The third-order valence-electron chi connectivity index (χ3n) is 4.92. The second-order valence-electron chi connectivity index (χ2n) is 7.19. The largest absolute Gasteiger partial charge is 0.339 e. The molecule has 7 heteroatoms. The molecule has 0 atom stereocenters. The van der Waals surface area contributed by atoms with Crippen LogP contribution in [0.2, 0.25) is 0 Å².